The standard InChI is InChI=1S/C13H9ClFN5O/c1-7-17-18-12-5-4-11(19-20(7)12)13(21)16-8-2-3-9(14)10(15)6-8/h2-6H,1H3,(H,16,21). The van der Waals surface area contributed by atoms with Crippen LogP contribution in [0, 0.1) is 12.7 Å². The SMILES string of the molecule is Cc1nnc2ccc(C(=O)Nc3ccc(Cl)c(F)c3)nn12. The molecule has 0 saturated carbocycles. The van der Waals surface area contributed by atoms with Gasteiger partial charge in [-0.15, -0.1) is 10.2 Å². The molecule has 0 atom stereocenters. The fraction of sp³-hybridized carbons (Fsp3) is 0.0769. The molecule has 0 saturated heterocycles. The largest absolute Gasteiger partial charge is 0.320 e. The third-order valence-corrected chi connectivity index (χ3v) is 3.14. The summed E-state index contributed by atoms with van der Waals surface area (Å²) in [5.74, 6) is -0.503. The van der Waals surface area contributed by atoms with Gasteiger partial charge in [-0.25, -0.2) is 4.39 Å². The zero-order valence-corrected chi connectivity index (χ0v) is 11.6. The molecule has 0 aliphatic carbocycles. The van der Waals surface area contributed by atoms with Crippen LogP contribution < -0.4 is 5.32 Å². The predicted octanol–water partition coefficient (Wildman–Crippen LogP) is 2.48. The van der Waals surface area contributed by atoms with Crippen molar-refractivity contribution in [1.29, 1.82) is 0 Å². The molecule has 6 nitrogen and oxygen atoms in total. The smallest absolute Gasteiger partial charge is 0.276 e. The van der Waals surface area contributed by atoms with Gasteiger partial charge >= 0.3 is 0 Å². The van der Waals surface area contributed by atoms with Gasteiger partial charge in [-0.1, -0.05) is 11.6 Å². The summed E-state index contributed by atoms with van der Waals surface area (Å²) >= 11 is 5.59. The number of hydrogen-bond acceptors (Lipinski definition) is 4. The van der Waals surface area contributed by atoms with Crippen LogP contribution in [0.3, 0.4) is 0 Å². The summed E-state index contributed by atoms with van der Waals surface area (Å²) in [5.41, 5.74) is 1.01. The summed E-state index contributed by atoms with van der Waals surface area (Å²) < 4.78 is 14.8. The van der Waals surface area contributed by atoms with Crippen molar-refractivity contribution in [3.63, 3.8) is 0 Å². The van der Waals surface area contributed by atoms with Crippen LogP contribution in [0.15, 0.2) is 30.3 Å². The van der Waals surface area contributed by atoms with E-state index in [4.69, 9.17) is 11.6 Å². The van der Waals surface area contributed by atoms with Gasteiger partial charge in [0.25, 0.3) is 5.91 Å². The number of carbonyl (C=O) groups is 1. The number of aromatic nitrogens is 4. The van der Waals surface area contributed by atoms with E-state index in [-0.39, 0.29) is 10.7 Å². The number of nitrogens with zero attached hydrogens (tertiary/aromatic N) is 4. The minimum absolute atomic E-state index is 0.00680. The number of fused-ring (bicyclic) bond motifs is 1. The van der Waals surface area contributed by atoms with Crippen molar-refractivity contribution < 1.29 is 9.18 Å². The lowest BCUT2D eigenvalue weighted by Crippen LogP contribution is -2.15. The predicted molar refractivity (Wildman–Crippen MR) is 74.9 cm³/mol. The second-order valence-electron chi connectivity index (χ2n) is 4.32. The number of rotatable bonds is 2. The van der Waals surface area contributed by atoms with Gasteiger partial charge in [0, 0.05) is 5.69 Å². The van der Waals surface area contributed by atoms with Crippen molar-refractivity contribution in [2.45, 2.75) is 6.92 Å². The first-order valence-corrected chi connectivity index (χ1v) is 6.38. The van der Waals surface area contributed by atoms with Gasteiger partial charge in [0.05, 0.1) is 5.02 Å². The molecule has 0 unspecified atom stereocenters. The van der Waals surface area contributed by atoms with Crippen LogP contribution in [-0.4, -0.2) is 25.7 Å². The molecule has 0 radical (unpaired) electrons. The highest BCUT2D eigenvalue weighted by molar-refractivity contribution is 6.30. The maximum absolute atomic E-state index is 13.3. The minimum Gasteiger partial charge on any atom is -0.320 e. The van der Waals surface area contributed by atoms with E-state index in [1.54, 1.807) is 13.0 Å². The fourth-order valence-corrected chi connectivity index (χ4v) is 1.90. The maximum atomic E-state index is 13.3. The molecule has 1 N–H and O–H groups in total. The Balaban J connectivity index is 1.89. The molecule has 1 aromatic carbocycles. The van der Waals surface area contributed by atoms with Crippen molar-refractivity contribution in [2.24, 2.45) is 0 Å². The first kappa shape index (κ1) is 13.4. The minimum atomic E-state index is -0.604. The van der Waals surface area contributed by atoms with Crippen LogP contribution >= 0.6 is 11.6 Å². The van der Waals surface area contributed by atoms with Crippen LogP contribution in [0.25, 0.3) is 5.65 Å². The highest BCUT2D eigenvalue weighted by atomic mass is 35.5. The fourth-order valence-electron chi connectivity index (χ4n) is 1.79. The molecule has 2 aromatic heterocycles. The van der Waals surface area contributed by atoms with E-state index < -0.39 is 11.7 Å². The van der Waals surface area contributed by atoms with E-state index in [2.05, 4.69) is 20.6 Å². The Hall–Kier alpha value is -2.54. The van der Waals surface area contributed by atoms with Crippen LogP contribution in [0.2, 0.25) is 5.02 Å². The lowest BCUT2D eigenvalue weighted by molar-refractivity contribution is 0.102. The lowest BCUT2D eigenvalue weighted by atomic mass is 10.3. The highest BCUT2D eigenvalue weighted by Crippen LogP contribution is 2.19. The molecule has 0 fully saturated rings. The van der Waals surface area contributed by atoms with Gasteiger partial charge in [-0.3, -0.25) is 4.79 Å². The zero-order chi connectivity index (χ0) is 15.0. The lowest BCUT2D eigenvalue weighted by Gasteiger charge is -2.05. The highest BCUT2D eigenvalue weighted by Gasteiger charge is 2.12. The number of hydrogen-bond donors (Lipinski definition) is 1. The Morgan fingerprint density at radius 1 is 1.29 bits per heavy atom. The Morgan fingerprint density at radius 3 is 2.86 bits per heavy atom. The number of aryl methyl sites for hydroxylation is 1. The maximum Gasteiger partial charge on any atom is 0.276 e. The van der Waals surface area contributed by atoms with Crippen molar-refractivity contribution in [1.82, 2.24) is 19.8 Å². The van der Waals surface area contributed by atoms with Gasteiger partial charge in [0.15, 0.2) is 11.5 Å². The van der Waals surface area contributed by atoms with E-state index in [1.165, 1.54) is 22.7 Å². The van der Waals surface area contributed by atoms with Crippen LogP contribution in [0.1, 0.15) is 16.3 Å². The summed E-state index contributed by atoms with van der Waals surface area (Å²) in [7, 11) is 0. The molecule has 0 bridgehead atoms. The normalized spacial score (nSPS) is 10.8. The van der Waals surface area contributed by atoms with E-state index in [1.807, 2.05) is 0 Å². The van der Waals surface area contributed by atoms with Gasteiger partial charge < -0.3 is 5.32 Å². The molecule has 0 spiro atoms. The molecule has 3 rings (SSSR count). The zero-order valence-electron chi connectivity index (χ0n) is 10.8. The van der Waals surface area contributed by atoms with E-state index in [0.717, 1.165) is 6.07 Å². The first-order valence-electron chi connectivity index (χ1n) is 6.00. The number of halogens is 2. The number of nitrogens with one attached hydrogen (secondary N) is 1. The Labute approximate surface area is 123 Å². The van der Waals surface area contributed by atoms with Crippen LogP contribution in [0.5, 0.6) is 0 Å². The van der Waals surface area contributed by atoms with Gasteiger partial charge in [-0.05, 0) is 37.3 Å². The summed E-state index contributed by atoms with van der Waals surface area (Å²) in [6, 6.07) is 7.16. The number of anilines is 1. The molecule has 1 amide bonds. The van der Waals surface area contributed by atoms with E-state index >= 15 is 0 Å². The van der Waals surface area contributed by atoms with Gasteiger partial charge in [0.1, 0.15) is 11.5 Å². The average molecular weight is 306 g/mol. The molecular formula is C13H9ClFN5O. The molecule has 106 valence electrons. The second-order valence-corrected chi connectivity index (χ2v) is 4.73. The third kappa shape index (κ3) is 2.55. The molecule has 0 aliphatic heterocycles. The van der Waals surface area contributed by atoms with Crippen molar-refractivity contribution in [2.75, 3.05) is 5.32 Å². The molecule has 8 heteroatoms. The topological polar surface area (TPSA) is 72.2 Å². The molecule has 3 aromatic rings. The van der Waals surface area contributed by atoms with Crippen molar-refractivity contribution >= 4 is 28.8 Å². The quantitative estimate of drug-likeness (QED) is 0.789. The summed E-state index contributed by atoms with van der Waals surface area (Å²) in [4.78, 5) is 12.1. The first-order chi connectivity index (χ1) is 10.0. The van der Waals surface area contributed by atoms with Gasteiger partial charge in [-0.2, -0.15) is 9.61 Å². The summed E-state index contributed by atoms with van der Waals surface area (Å²) in [6.45, 7) is 1.73. The van der Waals surface area contributed by atoms with Crippen molar-refractivity contribution in [3.05, 3.63) is 52.7 Å². The molecule has 0 aliphatic rings. The summed E-state index contributed by atoms with van der Waals surface area (Å²) in [6.07, 6.45) is 0. The molecule has 2 heterocycles. The second kappa shape index (κ2) is 5.10. The van der Waals surface area contributed by atoms with E-state index in [0.29, 0.717) is 17.2 Å². The van der Waals surface area contributed by atoms with Crippen LogP contribution in [-0.2, 0) is 0 Å². The molecule has 21 heavy (non-hydrogen) atoms. The van der Waals surface area contributed by atoms with E-state index in [9.17, 15) is 9.18 Å². The monoisotopic (exact) mass is 305 g/mol. The summed E-state index contributed by atoms with van der Waals surface area (Å²) in [5, 5.41) is 14.4. The van der Waals surface area contributed by atoms with Crippen LogP contribution in [0.4, 0.5) is 10.1 Å². The Bertz CT molecular complexity index is 848. The number of carbonyl (C=O) groups excluding carboxylic acids is 1. The Morgan fingerprint density at radius 2 is 2.10 bits per heavy atom. The van der Waals surface area contributed by atoms with Gasteiger partial charge in [0.2, 0.25) is 0 Å². The van der Waals surface area contributed by atoms with Crippen molar-refractivity contribution in [3.8, 4) is 0 Å². The Kier molecular flexibility index (Phi) is 3.26. The number of benzene rings is 1. The average Bonchev–Trinajstić information content (AvgIpc) is 2.84. The third-order valence-electron chi connectivity index (χ3n) is 2.83. The number of amides is 1. The molecular weight excluding hydrogens is 297 g/mol.